The maximum absolute atomic E-state index is 12.1. The highest BCUT2D eigenvalue weighted by Crippen LogP contribution is 2.24. The van der Waals surface area contributed by atoms with Crippen LogP contribution in [0.4, 0.5) is 0 Å². The van der Waals surface area contributed by atoms with Crippen LogP contribution >= 0.6 is 0 Å². The van der Waals surface area contributed by atoms with E-state index in [0.29, 0.717) is 17.9 Å². The summed E-state index contributed by atoms with van der Waals surface area (Å²) in [5.74, 6) is 1.05. The first-order valence-corrected chi connectivity index (χ1v) is 6.03. The lowest BCUT2D eigenvalue weighted by Gasteiger charge is -2.39. The van der Waals surface area contributed by atoms with Gasteiger partial charge in [-0.2, -0.15) is 0 Å². The van der Waals surface area contributed by atoms with E-state index in [-0.39, 0.29) is 5.92 Å². The summed E-state index contributed by atoms with van der Waals surface area (Å²) in [7, 11) is 1.89. The molecule has 0 aliphatic carbocycles. The van der Waals surface area contributed by atoms with E-state index in [9.17, 15) is 4.79 Å². The Hall–Kier alpha value is -0.570. The fourth-order valence-corrected chi connectivity index (χ4v) is 2.32. The molecule has 0 spiro atoms. The molecule has 1 amide bonds. The number of likely N-dealkylation sites (tertiary alicyclic amines) is 1. The van der Waals surface area contributed by atoms with Gasteiger partial charge in [0.05, 0.1) is 0 Å². The summed E-state index contributed by atoms with van der Waals surface area (Å²) in [6.07, 6.45) is 2.41. The Morgan fingerprint density at radius 1 is 1.53 bits per heavy atom. The van der Waals surface area contributed by atoms with Crippen LogP contribution in [0, 0.1) is 11.8 Å². The number of nitrogens with one attached hydrogen (secondary N) is 1. The topological polar surface area (TPSA) is 32.3 Å². The summed E-state index contributed by atoms with van der Waals surface area (Å²) >= 11 is 0. The number of nitrogens with zero attached hydrogens (tertiary/aromatic N) is 1. The van der Waals surface area contributed by atoms with Gasteiger partial charge in [0.2, 0.25) is 5.91 Å². The van der Waals surface area contributed by atoms with Gasteiger partial charge in [-0.05, 0) is 32.7 Å². The number of amides is 1. The maximum Gasteiger partial charge on any atom is 0.226 e. The van der Waals surface area contributed by atoms with Crippen LogP contribution in [0.25, 0.3) is 0 Å². The molecule has 0 saturated carbocycles. The van der Waals surface area contributed by atoms with Crippen molar-refractivity contribution in [2.45, 2.75) is 39.7 Å². The van der Waals surface area contributed by atoms with E-state index < -0.39 is 0 Å². The third kappa shape index (κ3) is 2.94. The van der Waals surface area contributed by atoms with Crippen molar-refractivity contribution in [1.29, 1.82) is 0 Å². The van der Waals surface area contributed by atoms with Gasteiger partial charge >= 0.3 is 0 Å². The molecule has 0 aromatic carbocycles. The highest BCUT2D eigenvalue weighted by atomic mass is 16.2. The number of hydrogen-bond donors (Lipinski definition) is 1. The van der Waals surface area contributed by atoms with E-state index in [0.717, 1.165) is 19.5 Å². The van der Waals surface area contributed by atoms with E-state index in [4.69, 9.17) is 0 Å². The van der Waals surface area contributed by atoms with E-state index in [1.807, 2.05) is 14.0 Å². The molecule has 1 rings (SSSR count). The molecule has 0 aromatic heterocycles. The Bertz CT molecular complexity index is 218. The van der Waals surface area contributed by atoms with Gasteiger partial charge in [-0.15, -0.1) is 0 Å². The number of rotatable bonds is 3. The Morgan fingerprint density at radius 2 is 2.20 bits per heavy atom. The molecule has 1 aliphatic heterocycles. The minimum absolute atomic E-state index is 0.0998. The molecular formula is C12H24N2O. The average molecular weight is 212 g/mol. The standard InChI is InChI=1S/C12H24N2O/c1-9-6-5-7-14(11(9)3)12(15)10(2)8-13-4/h9-11,13H,5-8H2,1-4H3. The number of piperidine rings is 1. The van der Waals surface area contributed by atoms with Gasteiger partial charge in [0, 0.05) is 25.0 Å². The van der Waals surface area contributed by atoms with E-state index in [1.54, 1.807) is 0 Å². The van der Waals surface area contributed by atoms with Crippen LogP contribution < -0.4 is 5.32 Å². The molecule has 3 atom stereocenters. The Balaban J connectivity index is 2.57. The summed E-state index contributed by atoms with van der Waals surface area (Å²) in [4.78, 5) is 14.2. The second-order valence-electron chi connectivity index (χ2n) is 4.85. The Labute approximate surface area is 93.2 Å². The molecule has 1 N–H and O–H groups in total. The molecule has 15 heavy (non-hydrogen) atoms. The summed E-state index contributed by atoms with van der Waals surface area (Å²) in [5, 5.41) is 3.07. The molecular weight excluding hydrogens is 188 g/mol. The first-order chi connectivity index (χ1) is 7.07. The van der Waals surface area contributed by atoms with Gasteiger partial charge in [-0.3, -0.25) is 4.79 Å². The van der Waals surface area contributed by atoms with Crippen molar-refractivity contribution >= 4 is 5.91 Å². The first kappa shape index (κ1) is 12.5. The third-order valence-electron chi connectivity index (χ3n) is 3.59. The van der Waals surface area contributed by atoms with E-state index in [2.05, 4.69) is 24.1 Å². The van der Waals surface area contributed by atoms with Crippen LogP contribution in [0.1, 0.15) is 33.6 Å². The van der Waals surface area contributed by atoms with Gasteiger partial charge in [-0.25, -0.2) is 0 Å². The number of carbonyl (C=O) groups excluding carboxylic acids is 1. The van der Waals surface area contributed by atoms with E-state index >= 15 is 0 Å². The van der Waals surface area contributed by atoms with Crippen LogP contribution in [0.5, 0.6) is 0 Å². The zero-order valence-electron chi connectivity index (χ0n) is 10.4. The molecule has 3 nitrogen and oxygen atoms in total. The maximum atomic E-state index is 12.1. The monoisotopic (exact) mass is 212 g/mol. The fourth-order valence-electron chi connectivity index (χ4n) is 2.32. The normalized spacial score (nSPS) is 28.9. The van der Waals surface area contributed by atoms with Crippen molar-refractivity contribution in [3.8, 4) is 0 Å². The molecule has 1 heterocycles. The molecule has 1 aliphatic rings. The van der Waals surface area contributed by atoms with Crippen molar-refractivity contribution in [1.82, 2.24) is 10.2 Å². The highest BCUT2D eigenvalue weighted by molar-refractivity contribution is 5.79. The third-order valence-corrected chi connectivity index (χ3v) is 3.59. The molecule has 3 heteroatoms. The molecule has 1 fully saturated rings. The van der Waals surface area contributed by atoms with Crippen molar-refractivity contribution < 1.29 is 4.79 Å². The number of hydrogen-bond acceptors (Lipinski definition) is 2. The van der Waals surface area contributed by atoms with Crippen LogP contribution in [0.15, 0.2) is 0 Å². The lowest BCUT2D eigenvalue weighted by atomic mass is 9.91. The summed E-state index contributed by atoms with van der Waals surface area (Å²) in [6, 6.07) is 0.408. The fraction of sp³-hybridized carbons (Fsp3) is 0.917. The van der Waals surface area contributed by atoms with Crippen molar-refractivity contribution in [2.24, 2.45) is 11.8 Å². The predicted molar refractivity (Wildman–Crippen MR) is 62.7 cm³/mol. The lowest BCUT2D eigenvalue weighted by molar-refractivity contribution is -0.139. The Morgan fingerprint density at radius 3 is 2.80 bits per heavy atom. The zero-order valence-corrected chi connectivity index (χ0v) is 10.4. The van der Waals surface area contributed by atoms with E-state index in [1.165, 1.54) is 6.42 Å². The molecule has 0 bridgehead atoms. The van der Waals surface area contributed by atoms with Gasteiger partial charge < -0.3 is 10.2 Å². The minimum atomic E-state index is 0.0998. The zero-order chi connectivity index (χ0) is 11.4. The molecule has 0 aromatic rings. The Kier molecular flexibility index (Phi) is 4.58. The van der Waals surface area contributed by atoms with Crippen molar-refractivity contribution in [2.75, 3.05) is 20.1 Å². The van der Waals surface area contributed by atoms with Gasteiger partial charge in [0.15, 0.2) is 0 Å². The van der Waals surface area contributed by atoms with Crippen LogP contribution in [0.2, 0.25) is 0 Å². The molecule has 1 saturated heterocycles. The average Bonchev–Trinajstić information content (AvgIpc) is 2.21. The second-order valence-corrected chi connectivity index (χ2v) is 4.85. The van der Waals surface area contributed by atoms with Crippen LogP contribution in [-0.4, -0.2) is 37.0 Å². The quantitative estimate of drug-likeness (QED) is 0.768. The first-order valence-electron chi connectivity index (χ1n) is 6.03. The minimum Gasteiger partial charge on any atom is -0.339 e. The molecule has 3 unspecified atom stereocenters. The lowest BCUT2D eigenvalue weighted by Crippen LogP contribution is -2.49. The predicted octanol–water partition coefficient (Wildman–Crippen LogP) is 1.49. The van der Waals surface area contributed by atoms with Gasteiger partial charge in [-0.1, -0.05) is 13.8 Å². The SMILES string of the molecule is CNCC(C)C(=O)N1CCCC(C)C1C. The van der Waals surface area contributed by atoms with Crippen molar-refractivity contribution in [3.05, 3.63) is 0 Å². The molecule has 88 valence electrons. The summed E-state index contributed by atoms with van der Waals surface area (Å²) < 4.78 is 0. The van der Waals surface area contributed by atoms with Gasteiger partial charge in [0.25, 0.3) is 0 Å². The largest absolute Gasteiger partial charge is 0.339 e. The smallest absolute Gasteiger partial charge is 0.226 e. The molecule has 0 radical (unpaired) electrons. The van der Waals surface area contributed by atoms with Crippen LogP contribution in [-0.2, 0) is 4.79 Å². The second kappa shape index (κ2) is 5.50. The van der Waals surface area contributed by atoms with Crippen LogP contribution in [0.3, 0.4) is 0 Å². The highest BCUT2D eigenvalue weighted by Gasteiger charge is 2.30. The van der Waals surface area contributed by atoms with Gasteiger partial charge in [0.1, 0.15) is 0 Å². The van der Waals surface area contributed by atoms with Crippen molar-refractivity contribution in [3.63, 3.8) is 0 Å². The number of carbonyl (C=O) groups is 1. The summed E-state index contributed by atoms with van der Waals surface area (Å²) in [5.41, 5.74) is 0. The summed E-state index contributed by atoms with van der Waals surface area (Å²) in [6.45, 7) is 8.14.